The Bertz CT molecular complexity index is 367. The van der Waals surface area contributed by atoms with Crippen LogP contribution in [0.3, 0.4) is 0 Å². The molecule has 1 aliphatic carbocycles. The number of carbonyl (C=O) groups is 2. The molecule has 0 aromatic carbocycles. The number of carboxylic acid groups (broad SMARTS) is 1. The highest BCUT2D eigenvalue weighted by Gasteiger charge is 2.66. The van der Waals surface area contributed by atoms with Crippen molar-refractivity contribution >= 4 is 11.9 Å². The third kappa shape index (κ3) is 2.44. The van der Waals surface area contributed by atoms with E-state index < -0.39 is 23.2 Å². The third-order valence-electron chi connectivity index (χ3n) is 3.45. The molecule has 4 nitrogen and oxygen atoms in total. The second-order valence-corrected chi connectivity index (χ2v) is 5.08. The van der Waals surface area contributed by atoms with Crippen LogP contribution < -0.4 is 0 Å². The number of carboxylic acids is 1. The van der Waals surface area contributed by atoms with Crippen LogP contribution in [-0.4, -0.2) is 35.0 Å². The van der Waals surface area contributed by atoms with Gasteiger partial charge in [0.1, 0.15) is 0 Å². The Morgan fingerprint density at radius 1 is 1.41 bits per heavy atom. The molecule has 2 atom stereocenters. The van der Waals surface area contributed by atoms with E-state index in [2.05, 4.69) is 5.92 Å². The van der Waals surface area contributed by atoms with Crippen LogP contribution in [0, 0.1) is 29.6 Å². The number of aliphatic carboxylic acids is 1. The molecule has 0 radical (unpaired) electrons. The van der Waals surface area contributed by atoms with Crippen LogP contribution in [0.5, 0.6) is 0 Å². The average molecular weight is 237 g/mol. The van der Waals surface area contributed by atoms with Gasteiger partial charge in [-0.2, -0.15) is 0 Å². The fraction of sp³-hybridized carbons (Fsp3) is 0.692. The van der Waals surface area contributed by atoms with Crippen LogP contribution in [-0.2, 0) is 9.59 Å². The Labute approximate surface area is 102 Å². The Morgan fingerprint density at radius 2 is 2.00 bits per heavy atom. The van der Waals surface area contributed by atoms with E-state index in [-0.39, 0.29) is 12.5 Å². The summed E-state index contributed by atoms with van der Waals surface area (Å²) in [7, 11) is 0. The molecule has 0 aromatic rings. The van der Waals surface area contributed by atoms with E-state index in [1.165, 1.54) is 0 Å². The molecule has 4 heteroatoms. The van der Waals surface area contributed by atoms with Gasteiger partial charge in [0.25, 0.3) is 0 Å². The molecule has 1 N–H and O–H groups in total. The molecule has 0 bridgehead atoms. The van der Waals surface area contributed by atoms with Gasteiger partial charge in [-0.3, -0.25) is 9.59 Å². The maximum absolute atomic E-state index is 12.2. The molecule has 0 aromatic heterocycles. The molecule has 0 spiro atoms. The van der Waals surface area contributed by atoms with Crippen LogP contribution in [0.25, 0.3) is 0 Å². The van der Waals surface area contributed by atoms with Crippen molar-refractivity contribution in [3.63, 3.8) is 0 Å². The first-order valence-electron chi connectivity index (χ1n) is 5.83. The minimum Gasteiger partial charge on any atom is -0.481 e. The van der Waals surface area contributed by atoms with Gasteiger partial charge in [0.15, 0.2) is 0 Å². The zero-order chi connectivity index (χ0) is 13.2. The number of hydrogen-bond acceptors (Lipinski definition) is 2. The van der Waals surface area contributed by atoms with Crippen molar-refractivity contribution in [3.8, 4) is 12.3 Å². The fourth-order valence-electron chi connectivity index (χ4n) is 2.40. The highest BCUT2D eigenvalue weighted by atomic mass is 16.4. The van der Waals surface area contributed by atoms with Crippen LogP contribution in [0.4, 0.5) is 0 Å². The Kier molecular flexibility index (Phi) is 3.82. The second-order valence-electron chi connectivity index (χ2n) is 5.08. The lowest BCUT2D eigenvalue weighted by Crippen LogP contribution is -2.34. The minimum absolute atomic E-state index is 0.123. The lowest BCUT2D eigenvalue weighted by atomic mass is 10.1. The van der Waals surface area contributed by atoms with Crippen molar-refractivity contribution < 1.29 is 14.7 Å². The van der Waals surface area contributed by atoms with E-state index in [4.69, 9.17) is 11.5 Å². The standard InChI is InChI=1S/C13H19NO3/c1-5-7-14(8-6-2)11(15)9-10(12(16)17)13(9,3)4/h1,9-10H,6-8H2,2-4H3,(H,16,17). The zero-order valence-electron chi connectivity index (χ0n) is 10.6. The van der Waals surface area contributed by atoms with Crippen LogP contribution in [0.1, 0.15) is 27.2 Å². The van der Waals surface area contributed by atoms with Gasteiger partial charge >= 0.3 is 5.97 Å². The molecular weight excluding hydrogens is 218 g/mol. The topological polar surface area (TPSA) is 57.6 Å². The number of hydrogen-bond donors (Lipinski definition) is 1. The molecule has 2 unspecified atom stereocenters. The predicted octanol–water partition coefficient (Wildman–Crippen LogP) is 1.21. The highest BCUT2D eigenvalue weighted by molar-refractivity contribution is 5.91. The normalized spacial score (nSPS) is 24.8. The first-order chi connectivity index (χ1) is 7.87. The summed E-state index contributed by atoms with van der Waals surface area (Å²) < 4.78 is 0. The van der Waals surface area contributed by atoms with Crippen molar-refractivity contribution in [3.05, 3.63) is 0 Å². The van der Waals surface area contributed by atoms with Crippen LogP contribution in [0.15, 0.2) is 0 Å². The fourth-order valence-corrected chi connectivity index (χ4v) is 2.40. The monoisotopic (exact) mass is 237 g/mol. The third-order valence-corrected chi connectivity index (χ3v) is 3.45. The number of terminal acetylenes is 1. The molecule has 1 rings (SSSR count). The van der Waals surface area contributed by atoms with Gasteiger partial charge in [-0.15, -0.1) is 6.42 Å². The molecule has 94 valence electrons. The molecule has 0 heterocycles. The van der Waals surface area contributed by atoms with Gasteiger partial charge in [0.05, 0.1) is 18.4 Å². The van der Waals surface area contributed by atoms with Crippen molar-refractivity contribution in [2.45, 2.75) is 27.2 Å². The maximum Gasteiger partial charge on any atom is 0.307 e. The lowest BCUT2D eigenvalue weighted by Gasteiger charge is -2.20. The van der Waals surface area contributed by atoms with E-state index in [0.29, 0.717) is 6.54 Å². The van der Waals surface area contributed by atoms with Gasteiger partial charge in [0, 0.05) is 6.54 Å². The predicted molar refractivity (Wildman–Crippen MR) is 64.1 cm³/mol. The van der Waals surface area contributed by atoms with E-state index in [1.54, 1.807) is 4.90 Å². The molecule has 1 saturated carbocycles. The summed E-state index contributed by atoms with van der Waals surface area (Å²) in [4.78, 5) is 24.8. The summed E-state index contributed by atoms with van der Waals surface area (Å²) in [6, 6.07) is 0. The molecule has 0 aliphatic heterocycles. The molecule has 1 aliphatic rings. The smallest absolute Gasteiger partial charge is 0.307 e. The maximum atomic E-state index is 12.2. The van der Waals surface area contributed by atoms with E-state index >= 15 is 0 Å². The van der Waals surface area contributed by atoms with Crippen molar-refractivity contribution in [2.75, 3.05) is 13.1 Å². The van der Waals surface area contributed by atoms with E-state index in [1.807, 2.05) is 20.8 Å². The summed E-state index contributed by atoms with van der Waals surface area (Å²) in [6.45, 7) is 6.43. The van der Waals surface area contributed by atoms with Gasteiger partial charge < -0.3 is 10.0 Å². The van der Waals surface area contributed by atoms with Gasteiger partial charge in [-0.25, -0.2) is 0 Å². The number of rotatable bonds is 5. The largest absolute Gasteiger partial charge is 0.481 e. The number of amides is 1. The summed E-state index contributed by atoms with van der Waals surface area (Å²) in [5.41, 5.74) is -0.455. The second kappa shape index (κ2) is 4.79. The van der Waals surface area contributed by atoms with Crippen molar-refractivity contribution in [1.82, 2.24) is 4.90 Å². The van der Waals surface area contributed by atoms with Crippen LogP contribution in [0.2, 0.25) is 0 Å². The molecule has 17 heavy (non-hydrogen) atoms. The van der Waals surface area contributed by atoms with E-state index in [9.17, 15) is 9.59 Å². The summed E-state index contributed by atoms with van der Waals surface area (Å²) >= 11 is 0. The summed E-state index contributed by atoms with van der Waals surface area (Å²) in [6.07, 6.45) is 6.04. The quantitative estimate of drug-likeness (QED) is 0.731. The number of nitrogens with zero attached hydrogens (tertiary/aromatic N) is 1. The first-order valence-corrected chi connectivity index (χ1v) is 5.83. The highest BCUT2D eigenvalue weighted by Crippen LogP contribution is 2.58. The summed E-state index contributed by atoms with van der Waals surface area (Å²) in [5, 5.41) is 9.04. The Hall–Kier alpha value is -1.50. The zero-order valence-corrected chi connectivity index (χ0v) is 10.6. The van der Waals surface area contributed by atoms with Crippen molar-refractivity contribution in [2.24, 2.45) is 17.3 Å². The van der Waals surface area contributed by atoms with E-state index in [0.717, 1.165) is 6.42 Å². The van der Waals surface area contributed by atoms with Gasteiger partial charge in [0.2, 0.25) is 5.91 Å². The SMILES string of the molecule is C#CCN(CCC)C(=O)C1C(C(=O)O)C1(C)C. The van der Waals surface area contributed by atoms with Crippen molar-refractivity contribution in [1.29, 1.82) is 0 Å². The Balaban J connectivity index is 2.77. The molecule has 1 amide bonds. The molecule has 0 saturated heterocycles. The summed E-state index contributed by atoms with van der Waals surface area (Å²) in [5.74, 6) is 0.417. The first kappa shape index (κ1) is 13.6. The van der Waals surface area contributed by atoms with Crippen LogP contribution >= 0.6 is 0 Å². The average Bonchev–Trinajstić information content (AvgIpc) is 2.80. The molecule has 1 fully saturated rings. The van der Waals surface area contributed by atoms with Gasteiger partial charge in [-0.05, 0) is 11.8 Å². The minimum atomic E-state index is -0.898. The lowest BCUT2D eigenvalue weighted by molar-refractivity contribution is -0.141. The Morgan fingerprint density at radius 3 is 2.35 bits per heavy atom. The molecular formula is C13H19NO3. The number of carbonyl (C=O) groups excluding carboxylic acids is 1. The van der Waals surface area contributed by atoms with Gasteiger partial charge in [-0.1, -0.05) is 26.7 Å².